The van der Waals surface area contributed by atoms with Crippen LogP contribution in [0.2, 0.25) is 0 Å². The number of ether oxygens (including phenoxy) is 1. The van der Waals surface area contributed by atoms with Gasteiger partial charge < -0.3 is 15.4 Å². The molecule has 2 N–H and O–H groups in total. The highest BCUT2D eigenvalue weighted by atomic mass is 16.5. The maximum atomic E-state index is 10.9. The highest BCUT2D eigenvalue weighted by molar-refractivity contribution is 5.78. The summed E-state index contributed by atoms with van der Waals surface area (Å²) in [5, 5.41) is 6.22. The van der Waals surface area contributed by atoms with Gasteiger partial charge in [0.25, 0.3) is 0 Å². The molecule has 76 valence electrons. The third kappa shape index (κ3) is 3.74. The molecule has 1 aliphatic heterocycles. The molecule has 1 amide bonds. The Hall–Kier alpha value is -0.610. The molecule has 4 heteroatoms. The molecule has 13 heavy (non-hydrogen) atoms. The highest BCUT2D eigenvalue weighted by Crippen LogP contribution is 2.05. The molecule has 0 radical (unpaired) electrons. The molecule has 2 unspecified atom stereocenters. The van der Waals surface area contributed by atoms with Crippen LogP contribution in [0.25, 0.3) is 0 Å². The molecular formula is C9H18N2O2. The molecule has 1 heterocycles. The standard InChI is InChI=1S/C9H18N2O2/c1-7(6-13-2)10-5-8-3-4-9(12)11-8/h7-8,10H,3-6H2,1-2H3,(H,11,12). The van der Waals surface area contributed by atoms with Gasteiger partial charge in [-0.2, -0.15) is 0 Å². The van der Waals surface area contributed by atoms with Crippen LogP contribution in [-0.2, 0) is 9.53 Å². The van der Waals surface area contributed by atoms with Crippen LogP contribution in [0.4, 0.5) is 0 Å². The number of hydrogen-bond donors (Lipinski definition) is 2. The van der Waals surface area contributed by atoms with Gasteiger partial charge in [-0.1, -0.05) is 0 Å². The van der Waals surface area contributed by atoms with E-state index >= 15 is 0 Å². The summed E-state index contributed by atoms with van der Waals surface area (Å²) in [5.41, 5.74) is 0. The number of nitrogens with one attached hydrogen (secondary N) is 2. The zero-order chi connectivity index (χ0) is 9.68. The number of rotatable bonds is 5. The zero-order valence-corrected chi connectivity index (χ0v) is 8.30. The molecule has 0 aromatic carbocycles. The molecule has 2 atom stereocenters. The average molecular weight is 186 g/mol. The van der Waals surface area contributed by atoms with Crippen LogP contribution in [0.1, 0.15) is 19.8 Å². The van der Waals surface area contributed by atoms with Gasteiger partial charge >= 0.3 is 0 Å². The van der Waals surface area contributed by atoms with Crippen LogP contribution >= 0.6 is 0 Å². The summed E-state index contributed by atoms with van der Waals surface area (Å²) in [7, 11) is 1.69. The smallest absolute Gasteiger partial charge is 0.220 e. The van der Waals surface area contributed by atoms with Gasteiger partial charge in [-0.3, -0.25) is 4.79 Å². The summed E-state index contributed by atoms with van der Waals surface area (Å²) < 4.78 is 4.99. The van der Waals surface area contributed by atoms with Gasteiger partial charge in [-0.25, -0.2) is 0 Å². The maximum Gasteiger partial charge on any atom is 0.220 e. The average Bonchev–Trinajstić information content (AvgIpc) is 2.49. The molecule has 0 spiro atoms. The lowest BCUT2D eigenvalue weighted by Gasteiger charge is -2.16. The summed E-state index contributed by atoms with van der Waals surface area (Å²) >= 11 is 0. The minimum absolute atomic E-state index is 0.172. The summed E-state index contributed by atoms with van der Waals surface area (Å²) in [6.07, 6.45) is 1.62. The van der Waals surface area contributed by atoms with Crippen LogP contribution in [0.15, 0.2) is 0 Å². The first-order valence-corrected chi connectivity index (χ1v) is 4.74. The fraction of sp³-hybridized carbons (Fsp3) is 0.889. The number of carbonyl (C=O) groups is 1. The fourth-order valence-electron chi connectivity index (χ4n) is 1.48. The summed E-state index contributed by atoms with van der Waals surface area (Å²) in [6, 6.07) is 0.661. The molecule has 1 rings (SSSR count). The van der Waals surface area contributed by atoms with Crippen molar-refractivity contribution in [1.82, 2.24) is 10.6 Å². The predicted molar refractivity (Wildman–Crippen MR) is 50.5 cm³/mol. The van der Waals surface area contributed by atoms with Crippen LogP contribution in [0, 0.1) is 0 Å². The molecule has 1 aliphatic rings. The Kier molecular flexibility index (Phi) is 4.18. The normalized spacial score (nSPS) is 24.5. The molecule has 1 saturated heterocycles. The lowest BCUT2D eigenvalue weighted by atomic mass is 10.2. The van der Waals surface area contributed by atoms with Crippen molar-refractivity contribution in [3.8, 4) is 0 Å². The summed E-state index contributed by atoms with van der Waals surface area (Å²) in [5.74, 6) is 0.172. The van der Waals surface area contributed by atoms with E-state index in [1.165, 1.54) is 0 Å². The van der Waals surface area contributed by atoms with Crippen molar-refractivity contribution in [2.45, 2.75) is 31.8 Å². The second-order valence-electron chi connectivity index (χ2n) is 3.57. The van der Waals surface area contributed by atoms with E-state index < -0.39 is 0 Å². The monoisotopic (exact) mass is 186 g/mol. The molecule has 0 aromatic rings. The van der Waals surface area contributed by atoms with Crippen LogP contribution in [-0.4, -0.2) is 38.3 Å². The van der Waals surface area contributed by atoms with Crippen molar-refractivity contribution in [3.63, 3.8) is 0 Å². The van der Waals surface area contributed by atoms with Gasteiger partial charge in [0.05, 0.1) is 6.61 Å². The molecule has 1 fully saturated rings. The lowest BCUT2D eigenvalue weighted by molar-refractivity contribution is -0.119. The summed E-state index contributed by atoms with van der Waals surface area (Å²) in [4.78, 5) is 10.9. The van der Waals surface area contributed by atoms with Crippen molar-refractivity contribution in [2.75, 3.05) is 20.3 Å². The molecule has 0 bridgehead atoms. The fourth-order valence-corrected chi connectivity index (χ4v) is 1.48. The van der Waals surface area contributed by atoms with Crippen LogP contribution in [0.3, 0.4) is 0 Å². The minimum atomic E-state index is 0.172. The first kappa shape index (κ1) is 10.5. The van der Waals surface area contributed by atoms with Crippen molar-refractivity contribution in [3.05, 3.63) is 0 Å². The Morgan fingerprint density at radius 1 is 1.77 bits per heavy atom. The predicted octanol–water partition coefficient (Wildman–Crippen LogP) is -0.110. The zero-order valence-electron chi connectivity index (χ0n) is 8.30. The van der Waals surface area contributed by atoms with Crippen molar-refractivity contribution < 1.29 is 9.53 Å². The Morgan fingerprint density at radius 3 is 3.08 bits per heavy atom. The van der Waals surface area contributed by atoms with E-state index in [4.69, 9.17) is 4.74 Å². The largest absolute Gasteiger partial charge is 0.383 e. The first-order chi connectivity index (χ1) is 6.22. The number of amides is 1. The first-order valence-electron chi connectivity index (χ1n) is 4.74. The summed E-state index contributed by atoms with van der Waals surface area (Å²) in [6.45, 7) is 3.62. The van der Waals surface area contributed by atoms with Crippen molar-refractivity contribution in [1.29, 1.82) is 0 Å². The van der Waals surface area contributed by atoms with E-state index in [9.17, 15) is 4.79 Å². The highest BCUT2D eigenvalue weighted by Gasteiger charge is 2.20. The topological polar surface area (TPSA) is 50.4 Å². The second-order valence-corrected chi connectivity index (χ2v) is 3.57. The van der Waals surface area contributed by atoms with E-state index in [1.807, 2.05) is 0 Å². The van der Waals surface area contributed by atoms with E-state index in [-0.39, 0.29) is 5.91 Å². The third-order valence-electron chi connectivity index (χ3n) is 2.21. The molecule has 0 aliphatic carbocycles. The van der Waals surface area contributed by atoms with E-state index in [0.717, 1.165) is 13.0 Å². The maximum absolute atomic E-state index is 10.9. The van der Waals surface area contributed by atoms with Crippen molar-refractivity contribution in [2.24, 2.45) is 0 Å². The quantitative estimate of drug-likeness (QED) is 0.630. The number of hydrogen-bond acceptors (Lipinski definition) is 3. The van der Waals surface area contributed by atoms with E-state index in [0.29, 0.717) is 25.1 Å². The SMILES string of the molecule is COCC(C)NCC1CCC(=O)N1. The van der Waals surface area contributed by atoms with Gasteiger partial charge in [0.1, 0.15) is 0 Å². The van der Waals surface area contributed by atoms with Gasteiger partial charge in [0, 0.05) is 32.2 Å². The molecule has 4 nitrogen and oxygen atoms in total. The third-order valence-corrected chi connectivity index (χ3v) is 2.21. The van der Waals surface area contributed by atoms with E-state index in [1.54, 1.807) is 7.11 Å². The Labute approximate surface area is 79.0 Å². The Bertz CT molecular complexity index is 173. The Balaban J connectivity index is 2.08. The number of methoxy groups -OCH3 is 1. The van der Waals surface area contributed by atoms with Crippen molar-refractivity contribution >= 4 is 5.91 Å². The van der Waals surface area contributed by atoms with Gasteiger partial charge in [-0.15, -0.1) is 0 Å². The Morgan fingerprint density at radius 2 is 2.54 bits per heavy atom. The second kappa shape index (κ2) is 5.19. The minimum Gasteiger partial charge on any atom is -0.383 e. The van der Waals surface area contributed by atoms with Gasteiger partial charge in [0.2, 0.25) is 5.91 Å². The molecule has 0 saturated carbocycles. The van der Waals surface area contributed by atoms with E-state index in [2.05, 4.69) is 17.6 Å². The van der Waals surface area contributed by atoms with Crippen LogP contribution < -0.4 is 10.6 Å². The van der Waals surface area contributed by atoms with Crippen LogP contribution in [0.5, 0.6) is 0 Å². The lowest BCUT2D eigenvalue weighted by Crippen LogP contribution is -2.40. The number of carbonyl (C=O) groups excluding carboxylic acids is 1. The van der Waals surface area contributed by atoms with Gasteiger partial charge in [-0.05, 0) is 13.3 Å². The molecular weight excluding hydrogens is 168 g/mol. The molecule has 0 aromatic heterocycles. The van der Waals surface area contributed by atoms with Gasteiger partial charge in [0.15, 0.2) is 0 Å².